The minimum absolute atomic E-state index is 0.0489. The van der Waals surface area contributed by atoms with Gasteiger partial charge in [0.25, 0.3) is 0 Å². The van der Waals surface area contributed by atoms with Crippen molar-refractivity contribution in [1.82, 2.24) is 5.32 Å². The molecule has 0 saturated carbocycles. The molecule has 1 N–H and O–H groups in total. The second-order valence-electron chi connectivity index (χ2n) is 6.73. The highest BCUT2D eigenvalue weighted by molar-refractivity contribution is 5.80. The van der Waals surface area contributed by atoms with Crippen LogP contribution < -0.4 is 10.1 Å². The molecule has 2 aliphatic heterocycles. The van der Waals surface area contributed by atoms with Crippen LogP contribution in [0.3, 0.4) is 0 Å². The van der Waals surface area contributed by atoms with E-state index in [1.165, 1.54) is 5.56 Å². The first-order chi connectivity index (χ1) is 12.3. The Kier molecular flexibility index (Phi) is 4.70. The Morgan fingerprint density at radius 3 is 2.76 bits per heavy atom. The van der Waals surface area contributed by atoms with Gasteiger partial charge in [0.1, 0.15) is 5.75 Å². The van der Waals surface area contributed by atoms with Crippen molar-refractivity contribution in [3.05, 3.63) is 65.2 Å². The van der Waals surface area contributed by atoms with Crippen molar-refractivity contribution >= 4 is 5.91 Å². The van der Waals surface area contributed by atoms with E-state index in [4.69, 9.17) is 9.47 Å². The van der Waals surface area contributed by atoms with E-state index >= 15 is 0 Å². The summed E-state index contributed by atoms with van der Waals surface area (Å²) in [5, 5.41) is 3.24. The summed E-state index contributed by atoms with van der Waals surface area (Å²) in [5.74, 6) is 0.991. The summed E-state index contributed by atoms with van der Waals surface area (Å²) in [6, 6.07) is 16.3. The van der Waals surface area contributed by atoms with E-state index in [1.807, 2.05) is 24.3 Å². The molecule has 2 heterocycles. The molecule has 0 bridgehead atoms. The van der Waals surface area contributed by atoms with E-state index in [2.05, 4.69) is 29.6 Å². The van der Waals surface area contributed by atoms with Crippen molar-refractivity contribution in [2.75, 3.05) is 19.8 Å². The third-order valence-electron chi connectivity index (χ3n) is 4.99. The molecule has 2 aliphatic rings. The molecular weight excluding hydrogens is 314 g/mol. The van der Waals surface area contributed by atoms with Gasteiger partial charge in [-0.1, -0.05) is 36.4 Å². The Morgan fingerprint density at radius 1 is 1.08 bits per heavy atom. The topological polar surface area (TPSA) is 47.6 Å². The molecule has 4 heteroatoms. The van der Waals surface area contributed by atoms with Crippen LogP contribution in [-0.2, 0) is 16.0 Å². The van der Waals surface area contributed by atoms with Crippen LogP contribution in [-0.4, -0.2) is 25.7 Å². The Hall–Kier alpha value is -2.33. The average molecular weight is 337 g/mol. The van der Waals surface area contributed by atoms with E-state index in [1.54, 1.807) is 0 Å². The van der Waals surface area contributed by atoms with E-state index in [0.717, 1.165) is 42.7 Å². The number of aryl methyl sites for hydroxylation is 1. The van der Waals surface area contributed by atoms with Crippen molar-refractivity contribution in [3.63, 3.8) is 0 Å². The molecule has 25 heavy (non-hydrogen) atoms. The van der Waals surface area contributed by atoms with Gasteiger partial charge in [0.15, 0.2) is 0 Å². The van der Waals surface area contributed by atoms with Gasteiger partial charge < -0.3 is 14.8 Å². The number of carbonyl (C=O) groups is 1. The van der Waals surface area contributed by atoms with Crippen molar-refractivity contribution in [3.8, 4) is 5.75 Å². The number of rotatable bonds is 4. The molecule has 2 atom stereocenters. The van der Waals surface area contributed by atoms with E-state index in [-0.39, 0.29) is 17.9 Å². The summed E-state index contributed by atoms with van der Waals surface area (Å²) in [6.07, 6.45) is 2.86. The Balaban J connectivity index is 1.64. The van der Waals surface area contributed by atoms with E-state index in [9.17, 15) is 4.79 Å². The lowest BCUT2D eigenvalue weighted by Crippen LogP contribution is -2.35. The lowest BCUT2D eigenvalue weighted by atomic mass is 9.94. The third kappa shape index (κ3) is 3.54. The fraction of sp³-hybridized carbons (Fsp3) is 0.381. The lowest BCUT2D eigenvalue weighted by Gasteiger charge is -2.24. The normalized spacial score (nSPS) is 20.4. The van der Waals surface area contributed by atoms with Gasteiger partial charge in [-0.05, 0) is 48.1 Å². The first-order valence-corrected chi connectivity index (χ1v) is 9.00. The fourth-order valence-corrected chi connectivity index (χ4v) is 3.57. The van der Waals surface area contributed by atoms with Crippen LogP contribution in [0, 0.1) is 5.92 Å². The van der Waals surface area contributed by atoms with Crippen LogP contribution in [0.5, 0.6) is 5.75 Å². The van der Waals surface area contributed by atoms with Crippen molar-refractivity contribution in [1.29, 1.82) is 0 Å². The van der Waals surface area contributed by atoms with Crippen LogP contribution in [0.4, 0.5) is 0 Å². The Morgan fingerprint density at radius 2 is 1.96 bits per heavy atom. The molecule has 1 saturated heterocycles. The van der Waals surface area contributed by atoms with Gasteiger partial charge in [-0.25, -0.2) is 0 Å². The van der Waals surface area contributed by atoms with Crippen molar-refractivity contribution in [2.24, 2.45) is 5.92 Å². The predicted octanol–water partition coefficient (Wildman–Crippen LogP) is 3.25. The zero-order chi connectivity index (χ0) is 17.1. The zero-order valence-electron chi connectivity index (χ0n) is 14.2. The molecule has 1 fully saturated rings. The predicted molar refractivity (Wildman–Crippen MR) is 95.6 cm³/mol. The third-order valence-corrected chi connectivity index (χ3v) is 4.99. The summed E-state index contributed by atoms with van der Waals surface area (Å²) < 4.78 is 11.1. The molecule has 0 radical (unpaired) electrons. The molecule has 0 unspecified atom stereocenters. The summed E-state index contributed by atoms with van der Waals surface area (Å²) >= 11 is 0. The SMILES string of the molecule is O=C(N[C@@H](c1ccccc1)c1ccc2c(c1)CCCO2)[C@H]1CCOC1. The first-order valence-electron chi connectivity index (χ1n) is 9.00. The van der Waals surface area contributed by atoms with Crippen LogP contribution in [0.2, 0.25) is 0 Å². The molecule has 4 rings (SSSR count). The average Bonchev–Trinajstić information content (AvgIpc) is 3.21. The summed E-state index contributed by atoms with van der Waals surface area (Å²) in [4.78, 5) is 12.7. The minimum Gasteiger partial charge on any atom is -0.493 e. The number of hydrogen-bond acceptors (Lipinski definition) is 3. The Labute approximate surface area is 148 Å². The first kappa shape index (κ1) is 16.2. The highest BCUT2D eigenvalue weighted by Gasteiger charge is 2.27. The van der Waals surface area contributed by atoms with Crippen LogP contribution in [0.1, 0.15) is 35.6 Å². The second kappa shape index (κ2) is 7.28. The minimum atomic E-state index is -0.151. The Bertz CT molecular complexity index is 738. The molecule has 0 aliphatic carbocycles. The lowest BCUT2D eigenvalue weighted by molar-refractivity contribution is -0.125. The van der Waals surface area contributed by atoms with Crippen molar-refractivity contribution in [2.45, 2.75) is 25.3 Å². The molecular formula is C21H23NO3. The standard InChI is InChI=1S/C21H23NO3/c23-21(18-10-12-24-14-18)22-20(15-5-2-1-3-6-15)17-8-9-19-16(13-17)7-4-11-25-19/h1-3,5-6,8-9,13,18,20H,4,7,10-12,14H2,(H,22,23)/t18-,20-/m0/s1. The number of amides is 1. The van der Waals surface area contributed by atoms with Gasteiger partial charge in [0.05, 0.1) is 25.2 Å². The summed E-state index contributed by atoms with van der Waals surface area (Å²) in [5.41, 5.74) is 3.41. The van der Waals surface area contributed by atoms with Crippen LogP contribution in [0.25, 0.3) is 0 Å². The molecule has 0 aromatic heterocycles. The van der Waals surface area contributed by atoms with Gasteiger partial charge in [-0.2, -0.15) is 0 Å². The molecule has 1 amide bonds. The largest absolute Gasteiger partial charge is 0.493 e. The highest BCUT2D eigenvalue weighted by Crippen LogP contribution is 2.30. The van der Waals surface area contributed by atoms with Crippen LogP contribution >= 0.6 is 0 Å². The summed E-state index contributed by atoms with van der Waals surface area (Å²) in [7, 11) is 0. The van der Waals surface area contributed by atoms with E-state index in [0.29, 0.717) is 13.2 Å². The smallest absolute Gasteiger partial charge is 0.226 e. The monoisotopic (exact) mass is 337 g/mol. The molecule has 130 valence electrons. The number of carbonyl (C=O) groups excluding carboxylic acids is 1. The van der Waals surface area contributed by atoms with Gasteiger partial charge in [-0.3, -0.25) is 4.79 Å². The number of fused-ring (bicyclic) bond motifs is 1. The maximum Gasteiger partial charge on any atom is 0.226 e. The second-order valence-corrected chi connectivity index (χ2v) is 6.73. The van der Waals surface area contributed by atoms with Crippen molar-refractivity contribution < 1.29 is 14.3 Å². The number of ether oxygens (including phenoxy) is 2. The maximum atomic E-state index is 12.7. The zero-order valence-corrected chi connectivity index (χ0v) is 14.2. The van der Waals surface area contributed by atoms with Gasteiger partial charge in [-0.15, -0.1) is 0 Å². The van der Waals surface area contributed by atoms with Gasteiger partial charge in [0, 0.05) is 6.61 Å². The molecule has 4 nitrogen and oxygen atoms in total. The number of nitrogens with one attached hydrogen (secondary N) is 1. The molecule has 2 aromatic rings. The molecule has 2 aromatic carbocycles. The molecule has 0 spiro atoms. The van der Waals surface area contributed by atoms with Crippen LogP contribution in [0.15, 0.2) is 48.5 Å². The van der Waals surface area contributed by atoms with Gasteiger partial charge >= 0.3 is 0 Å². The highest BCUT2D eigenvalue weighted by atomic mass is 16.5. The quantitative estimate of drug-likeness (QED) is 0.932. The number of hydrogen-bond donors (Lipinski definition) is 1. The maximum absolute atomic E-state index is 12.7. The fourth-order valence-electron chi connectivity index (χ4n) is 3.57. The van der Waals surface area contributed by atoms with Gasteiger partial charge in [0.2, 0.25) is 5.91 Å². The summed E-state index contributed by atoms with van der Waals surface area (Å²) in [6.45, 7) is 1.97. The number of benzene rings is 2. The van der Waals surface area contributed by atoms with E-state index < -0.39 is 0 Å².